The molecule has 0 amide bonds. The van der Waals surface area contributed by atoms with Crippen LogP contribution in [0, 0.1) is 0 Å². The van der Waals surface area contributed by atoms with E-state index in [-0.39, 0.29) is 18.5 Å². The molecule has 0 aliphatic carbocycles. The Bertz CT molecular complexity index is 543. The maximum atomic E-state index is 12.5. The summed E-state index contributed by atoms with van der Waals surface area (Å²) in [7, 11) is 0. The molecule has 1 N–H and O–H groups in total. The highest BCUT2D eigenvalue weighted by atomic mass is 16.5. The number of hydrogen-bond acceptors (Lipinski definition) is 3. The number of ether oxygens (including phenoxy) is 1. The molecule has 4 heteroatoms. The van der Waals surface area contributed by atoms with E-state index in [2.05, 4.69) is 26.0 Å². The normalized spacial score (nSPS) is 12.3. The van der Waals surface area contributed by atoms with Gasteiger partial charge in [-0.2, -0.15) is 0 Å². The fraction of sp³-hybridized carbons (Fsp3) is 0.882. The molecule has 0 aliphatic rings. The molecule has 0 aromatic rings. The molecule has 0 rings (SSSR count). The molecule has 4 nitrogen and oxygen atoms in total. The van der Waals surface area contributed by atoms with Crippen LogP contribution in [0.25, 0.3) is 0 Å². The number of hydrogen-bond donors (Lipinski definition) is 1. The van der Waals surface area contributed by atoms with Crippen LogP contribution in [0.4, 0.5) is 0 Å². The monoisotopic (exact) mass is 536 g/mol. The Morgan fingerprint density at radius 1 is 0.553 bits per heavy atom. The van der Waals surface area contributed by atoms with Crippen LogP contribution in [0.5, 0.6) is 0 Å². The molecule has 0 aromatic heterocycles. The van der Waals surface area contributed by atoms with Crippen LogP contribution in [-0.4, -0.2) is 23.1 Å². The molecular weight excluding hydrogens is 472 g/mol. The molecule has 0 heterocycles. The summed E-state index contributed by atoms with van der Waals surface area (Å²) < 4.78 is 5.91. The van der Waals surface area contributed by atoms with Crippen molar-refractivity contribution in [2.75, 3.05) is 0 Å². The van der Waals surface area contributed by atoms with Gasteiger partial charge in [0.1, 0.15) is 6.10 Å². The second-order valence-corrected chi connectivity index (χ2v) is 11.3. The van der Waals surface area contributed by atoms with Crippen LogP contribution in [0.1, 0.15) is 187 Å². The maximum absolute atomic E-state index is 12.5. The van der Waals surface area contributed by atoms with Crippen LogP contribution >= 0.6 is 0 Å². The van der Waals surface area contributed by atoms with Gasteiger partial charge in [0.05, 0.1) is 0 Å². The lowest BCUT2D eigenvalue weighted by Gasteiger charge is -2.18. The summed E-state index contributed by atoms with van der Waals surface area (Å²) in [4.78, 5) is 23.1. The first-order chi connectivity index (χ1) is 18.6. The molecule has 1 atom stereocenters. The molecule has 0 bridgehead atoms. The Morgan fingerprint density at radius 2 is 0.947 bits per heavy atom. The number of carbonyl (C=O) groups excluding carboxylic acids is 1. The third-order valence-corrected chi connectivity index (χ3v) is 7.49. The number of rotatable bonds is 30. The summed E-state index contributed by atoms with van der Waals surface area (Å²) in [6, 6.07) is 0. The van der Waals surface area contributed by atoms with Gasteiger partial charge < -0.3 is 9.84 Å². The fourth-order valence-electron chi connectivity index (χ4n) is 5.00. The number of aliphatic carboxylic acids is 1. The lowest BCUT2D eigenvalue weighted by molar-refractivity contribution is -0.150. The van der Waals surface area contributed by atoms with Crippen molar-refractivity contribution < 1.29 is 19.4 Å². The quantitative estimate of drug-likeness (QED) is 0.0563. The largest absolute Gasteiger partial charge is 0.481 e. The van der Waals surface area contributed by atoms with E-state index in [9.17, 15) is 9.59 Å². The minimum Gasteiger partial charge on any atom is -0.481 e. The number of unbranched alkanes of at least 4 members (excludes halogenated alkanes) is 19. The Balaban J connectivity index is 3.87. The van der Waals surface area contributed by atoms with Gasteiger partial charge in [-0.05, 0) is 64.2 Å². The van der Waals surface area contributed by atoms with E-state index >= 15 is 0 Å². The summed E-state index contributed by atoms with van der Waals surface area (Å²) >= 11 is 0. The zero-order valence-corrected chi connectivity index (χ0v) is 25.5. The summed E-state index contributed by atoms with van der Waals surface area (Å²) in [6.45, 7) is 4.50. The number of allylic oxidation sites excluding steroid dienone is 2. The van der Waals surface area contributed by atoms with E-state index in [0.717, 1.165) is 64.2 Å². The first-order valence-electron chi connectivity index (χ1n) is 16.7. The lowest BCUT2D eigenvalue weighted by atomic mass is 10.0. The predicted octanol–water partition coefficient (Wildman–Crippen LogP) is 11.1. The van der Waals surface area contributed by atoms with E-state index in [1.54, 1.807) is 0 Å². The number of carboxylic acid groups (broad SMARTS) is 1. The van der Waals surface area contributed by atoms with Gasteiger partial charge in [-0.25, -0.2) is 0 Å². The Hall–Kier alpha value is -1.32. The average molecular weight is 537 g/mol. The van der Waals surface area contributed by atoms with Crippen LogP contribution in [0.2, 0.25) is 0 Å². The summed E-state index contributed by atoms with van der Waals surface area (Å²) in [5.74, 6) is -0.714. The first kappa shape index (κ1) is 36.7. The molecule has 0 aromatic carbocycles. The zero-order chi connectivity index (χ0) is 27.9. The van der Waals surface area contributed by atoms with Gasteiger partial charge in [0.25, 0.3) is 0 Å². The van der Waals surface area contributed by atoms with Crippen LogP contribution in [0.3, 0.4) is 0 Å². The van der Waals surface area contributed by atoms with Crippen molar-refractivity contribution in [2.45, 2.75) is 193 Å². The number of carboxylic acids is 1. The molecule has 0 spiro atoms. The standard InChI is InChI=1S/C34H64O4/c1-3-5-7-9-10-11-12-13-14-15-16-17-18-23-27-31-34(37)38-32(28-24-20-8-6-4-2)29-25-21-19-22-26-30-33(35)36/h13-14,32H,3-12,15-31H2,1-2H3,(H,35,36)/b14-13-. The van der Waals surface area contributed by atoms with Gasteiger partial charge in [-0.1, -0.05) is 122 Å². The van der Waals surface area contributed by atoms with E-state index in [4.69, 9.17) is 9.84 Å². The van der Waals surface area contributed by atoms with E-state index in [1.807, 2.05) is 0 Å². The minimum absolute atomic E-state index is 0.0114. The van der Waals surface area contributed by atoms with Gasteiger partial charge in [0.2, 0.25) is 0 Å². The van der Waals surface area contributed by atoms with Crippen molar-refractivity contribution in [2.24, 2.45) is 0 Å². The molecule has 0 fully saturated rings. The molecule has 0 aliphatic heterocycles. The maximum Gasteiger partial charge on any atom is 0.306 e. The van der Waals surface area contributed by atoms with E-state index < -0.39 is 5.97 Å². The number of esters is 1. The van der Waals surface area contributed by atoms with Crippen molar-refractivity contribution in [1.82, 2.24) is 0 Å². The van der Waals surface area contributed by atoms with Gasteiger partial charge in [0, 0.05) is 12.8 Å². The summed E-state index contributed by atoms with van der Waals surface area (Å²) in [6.07, 6.45) is 35.1. The van der Waals surface area contributed by atoms with Crippen molar-refractivity contribution >= 4 is 11.9 Å². The smallest absolute Gasteiger partial charge is 0.306 e. The van der Waals surface area contributed by atoms with Crippen molar-refractivity contribution in [3.8, 4) is 0 Å². The zero-order valence-electron chi connectivity index (χ0n) is 25.5. The molecule has 0 saturated heterocycles. The van der Waals surface area contributed by atoms with Crippen molar-refractivity contribution in [3.63, 3.8) is 0 Å². The van der Waals surface area contributed by atoms with E-state index in [1.165, 1.54) is 96.3 Å². The van der Waals surface area contributed by atoms with Gasteiger partial charge in [0.15, 0.2) is 0 Å². The minimum atomic E-state index is -0.703. The molecule has 0 saturated carbocycles. The first-order valence-corrected chi connectivity index (χ1v) is 16.7. The van der Waals surface area contributed by atoms with Crippen LogP contribution < -0.4 is 0 Å². The molecule has 38 heavy (non-hydrogen) atoms. The van der Waals surface area contributed by atoms with Gasteiger partial charge in [-0.3, -0.25) is 9.59 Å². The average Bonchev–Trinajstić information content (AvgIpc) is 2.89. The summed E-state index contributed by atoms with van der Waals surface area (Å²) in [5, 5.41) is 8.74. The molecule has 1 unspecified atom stereocenters. The van der Waals surface area contributed by atoms with Crippen LogP contribution in [0.15, 0.2) is 12.2 Å². The highest BCUT2D eigenvalue weighted by Gasteiger charge is 2.14. The van der Waals surface area contributed by atoms with Crippen molar-refractivity contribution in [1.29, 1.82) is 0 Å². The molecular formula is C34H64O4. The lowest BCUT2D eigenvalue weighted by Crippen LogP contribution is -2.18. The predicted molar refractivity (Wildman–Crippen MR) is 163 cm³/mol. The van der Waals surface area contributed by atoms with Gasteiger partial charge >= 0.3 is 11.9 Å². The highest BCUT2D eigenvalue weighted by molar-refractivity contribution is 5.69. The Kier molecular flexibility index (Phi) is 29.2. The second-order valence-electron chi connectivity index (χ2n) is 11.3. The highest BCUT2D eigenvalue weighted by Crippen LogP contribution is 2.18. The fourth-order valence-corrected chi connectivity index (χ4v) is 5.00. The second kappa shape index (κ2) is 30.2. The Morgan fingerprint density at radius 3 is 1.42 bits per heavy atom. The summed E-state index contributed by atoms with van der Waals surface area (Å²) in [5.41, 5.74) is 0. The SMILES string of the molecule is CCCCCCCC/C=C\CCCCCCCC(=O)OC(CCCCCCC)CCCCCCCC(=O)O. The third-order valence-electron chi connectivity index (χ3n) is 7.49. The third kappa shape index (κ3) is 29.2. The molecule has 224 valence electrons. The van der Waals surface area contributed by atoms with Gasteiger partial charge in [-0.15, -0.1) is 0 Å². The Labute approximate surface area is 236 Å². The molecule has 0 radical (unpaired) electrons. The number of carbonyl (C=O) groups is 2. The van der Waals surface area contributed by atoms with E-state index in [0.29, 0.717) is 6.42 Å². The topological polar surface area (TPSA) is 63.6 Å². The van der Waals surface area contributed by atoms with Crippen molar-refractivity contribution in [3.05, 3.63) is 12.2 Å². The van der Waals surface area contributed by atoms with Crippen LogP contribution in [-0.2, 0) is 14.3 Å².